The van der Waals surface area contributed by atoms with E-state index in [2.05, 4.69) is 15.5 Å². The van der Waals surface area contributed by atoms with E-state index in [4.69, 9.17) is 0 Å². The van der Waals surface area contributed by atoms with Gasteiger partial charge in [0, 0.05) is 12.4 Å². The van der Waals surface area contributed by atoms with Crippen LogP contribution >= 0.6 is 0 Å². The Bertz CT molecular complexity index is 721. The average molecular weight is 272 g/mol. The van der Waals surface area contributed by atoms with Gasteiger partial charge in [0.05, 0.1) is 11.9 Å². The number of fused-ring (bicyclic) bond motifs is 1. The molecule has 0 aliphatic carbocycles. The van der Waals surface area contributed by atoms with Crippen LogP contribution in [0.25, 0.3) is 10.9 Å². The van der Waals surface area contributed by atoms with Gasteiger partial charge in [-0.05, 0) is 6.07 Å². The third-order valence-electron chi connectivity index (χ3n) is 3.37. The lowest BCUT2D eigenvalue weighted by Crippen LogP contribution is -2.40. The summed E-state index contributed by atoms with van der Waals surface area (Å²) < 4.78 is 0. The van der Waals surface area contributed by atoms with Crippen molar-refractivity contribution in [3.8, 4) is 0 Å². The molecule has 2 aromatic rings. The third kappa shape index (κ3) is 1.83. The van der Waals surface area contributed by atoms with E-state index in [1.54, 1.807) is 18.2 Å². The maximum atomic E-state index is 12.2. The van der Waals surface area contributed by atoms with Gasteiger partial charge in [-0.2, -0.15) is 5.10 Å². The van der Waals surface area contributed by atoms with E-state index < -0.39 is 17.9 Å². The van der Waals surface area contributed by atoms with Gasteiger partial charge >= 0.3 is 0 Å². The molecule has 2 heterocycles. The molecule has 102 valence electrons. The molecule has 0 radical (unpaired) electrons. The summed E-state index contributed by atoms with van der Waals surface area (Å²) in [6.07, 6.45) is -0.0105. The largest absolute Gasteiger partial charge is 0.338 e. The van der Waals surface area contributed by atoms with E-state index in [1.807, 2.05) is 6.07 Å². The van der Waals surface area contributed by atoms with Crippen LogP contribution in [0.3, 0.4) is 0 Å². The molecule has 1 unspecified atom stereocenters. The quantitative estimate of drug-likeness (QED) is 0.755. The number of benzene rings is 1. The number of amides is 3. The number of H-pyrrole nitrogens is 1. The fraction of sp³-hybridized carbons (Fsp3) is 0.231. The number of nitrogens with one attached hydrogen (secondary N) is 2. The van der Waals surface area contributed by atoms with Crippen molar-refractivity contribution in [3.05, 3.63) is 30.0 Å². The first-order chi connectivity index (χ1) is 9.58. The minimum Gasteiger partial charge on any atom is -0.338 e. The van der Waals surface area contributed by atoms with Crippen LogP contribution in [0.15, 0.2) is 24.3 Å². The summed E-state index contributed by atoms with van der Waals surface area (Å²) in [6.45, 7) is 0. The summed E-state index contributed by atoms with van der Waals surface area (Å²) >= 11 is 0. The van der Waals surface area contributed by atoms with E-state index in [9.17, 15) is 14.4 Å². The van der Waals surface area contributed by atoms with Gasteiger partial charge in [0.2, 0.25) is 5.91 Å². The van der Waals surface area contributed by atoms with Crippen molar-refractivity contribution in [2.45, 2.75) is 12.5 Å². The molecule has 7 nitrogen and oxygen atoms in total. The van der Waals surface area contributed by atoms with Crippen LogP contribution in [-0.4, -0.2) is 45.9 Å². The Kier molecular flexibility index (Phi) is 2.74. The lowest BCUT2D eigenvalue weighted by Gasteiger charge is -2.09. The summed E-state index contributed by atoms with van der Waals surface area (Å²) in [7, 11) is 1.40. The van der Waals surface area contributed by atoms with Crippen LogP contribution < -0.4 is 5.32 Å². The minimum atomic E-state index is -0.810. The molecule has 3 rings (SSSR count). The highest BCUT2D eigenvalue weighted by Crippen LogP contribution is 2.16. The number of likely N-dealkylation sites (N-methyl/N-ethyl adjacent to an activating group) is 1. The molecular weight excluding hydrogens is 260 g/mol. The zero-order valence-corrected chi connectivity index (χ0v) is 10.7. The van der Waals surface area contributed by atoms with Crippen LogP contribution in [0.4, 0.5) is 0 Å². The summed E-state index contributed by atoms with van der Waals surface area (Å²) in [5, 5.41) is 9.93. The number of rotatable bonds is 2. The number of para-hydroxylation sites is 1. The monoisotopic (exact) mass is 272 g/mol. The van der Waals surface area contributed by atoms with Gasteiger partial charge in [-0.1, -0.05) is 18.2 Å². The molecule has 0 bridgehead atoms. The number of carbonyl (C=O) groups is 3. The van der Waals surface area contributed by atoms with E-state index in [-0.39, 0.29) is 18.0 Å². The molecule has 0 spiro atoms. The molecule has 7 heteroatoms. The molecule has 1 aliphatic rings. The summed E-state index contributed by atoms with van der Waals surface area (Å²) in [6, 6.07) is 6.39. The van der Waals surface area contributed by atoms with Gasteiger partial charge in [0.1, 0.15) is 6.04 Å². The lowest BCUT2D eigenvalue weighted by molar-refractivity contribution is -0.137. The van der Waals surface area contributed by atoms with Crippen LogP contribution in [0.2, 0.25) is 0 Å². The van der Waals surface area contributed by atoms with Gasteiger partial charge in [0.25, 0.3) is 11.8 Å². The van der Waals surface area contributed by atoms with E-state index in [0.29, 0.717) is 5.39 Å². The molecular formula is C13H12N4O3. The predicted octanol–water partition coefficient (Wildman–Crippen LogP) is 0.0500. The van der Waals surface area contributed by atoms with E-state index in [1.165, 1.54) is 7.05 Å². The average Bonchev–Trinajstić information content (AvgIpc) is 2.97. The van der Waals surface area contributed by atoms with Gasteiger partial charge in [-0.3, -0.25) is 24.4 Å². The second kappa shape index (κ2) is 4.44. The highest BCUT2D eigenvalue weighted by atomic mass is 16.2. The zero-order valence-electron chi connectivity index (χ0n) is 10.7. The van der Waals surface area contributed by atoms with Crippen molar-refractivity contribution in [2.24, 2.45) is 0 Å². The zero-order chi connectivity index (χ0) is 14.3. The standard InChI is InChI=1S/C13H12N4O3/c1-17-10(18)6-9(13(17)20)14-12(19)11-7-4-2-3-5-8(7)15-16-11/h2-5,9H,6H2,1H3,(H,14,19)(H,15,16). The Morgan fingerprint density at radius 1 is 1.40 bits per heavy atom. The number of hydrogen-bond donors (Lipinski definition) is 2. The Morgan fingerprint density at radius 3 is 2.85 bits per heavy atom. The van der Waals surface area contributed by atoms with Crippen molar-refractivity contribution in [3.63, 3.8) is 0 Å². The second-order valence-corrected chi connectivity index (χ2v) is 4.64. The fourth-order valence-electron chi connectivity index (χ4n) is 2.23. The highest BCUT2D eigenvalue weighted by molar-refractivity contribution is 6.10. The van der Waals surface area contributed by atoms with Crippen LogP contribution in [0.1, 0.15) is 16.9 Å². The SMILES string of the molecule is CN1C(=O)CC(NC(=O)c2n[nH]c3ccccc23)C1=O. The smallest absolute Gasteiger partial charge is 0.273 e. The summed E-state index contributed by atoms with van der Waals surface area (Å²) in [5.41, 5.74) is 0.957. The van der Waals surface area contributed by atoms with Crippen molar-refractivity contribution >= 4 is 28.6 Å². The molecule has 20 heavy (non-hydrogen) atoms. The maximum absolute atomic E-state index is 12.2. The second-order valence-electron chi connectivity index (χ2n) is 4.64. The molecule has 3 amide bonds. The van der Waals surface area contributed by atoms with Crippen molar-refractivity contribution < 1.29 is 14.4 Å². The molecule has 0 saturated carbocycles. The van der Waals surface area contributed by atoms with Crippen LogP contribution in [0.5, 0.6) is 0 Å². The van der Waals surface area contributed by atoms with Crippen LogP contribution in [0, 0.1) is 0 Å². The molecule has 1 aromatic heterocycles. The Hall–Kier alpha value is -2.70. The predicted molar refractivity (Wildman–Crippen MR) is 69.7 cm³/mol. The highest BCUT2D eigenvalue weighted by Gasteiger charge is 2.37. The third-order valence-corrected chi connectivity index (χ3v) is 3.37. The Labute approximate surface area is 113 Å². The first-order valence-corrected chi connectivity index (χ1v) is 6.12. The maximum Gasteiger partial charge on any atom is 0.273 e. The molecule has 2 N–H and O–H groups in total. The van der Waals surface area contributed by atoms with Crippen molar-refractivity contribution in [2.75, 3.05) is 7.05 Å². The van der Waals surface area contributed by atoms with E-state index in [0.717, 1.165) is 10.4 Å². The first kappa shape index (κ1) is 12.3. The lowest BCUT2D eigenvalue weighted by atomic mass is 10.2. The van der Waals surface area contributed by atoms with Gasteiger partial charge in [-0.15, -0.1) is 0 Å². The molecule has 1 fully saturated rings. The van der Waals surface area contributed by atoms with Crippen molar-refractivity contribution in [1.29, 1.82) is 0 Å². The number of hydrogen-bond acceptors (Lipinski definition) is 4. The first-order valence-electron chi connectivity index (χ1n) is 6.12. The molecule has 1 atom stereocenters. The van der Waals surface area contributed by atoms with Gasteiger partial charge in [0.15, 0.2) is 5.69 Å². The van der Waals surface area contributed by atoms with E-state index >= 15 is 0 Å². The summed E-state index contributed by atoms with van der Waals surface area (Å²) in [5.74, 6) is -1.17. The minimum absolute atomic E-state index is 0.0105. The molecule has 1 saturated heterocycles. The molecule has 1 aliphatic heterocycles. The number of nitrogens with zero attached hydrogens (tertiary/aromatic N) is 2. The van der Waals surface area contributed by atoms with Crippen LogP contribution in [-0.2, 0) is 9.59 Å². The normalized spacial score (nSPS) is 18.9. The number of imide groups is 1. The topological polar surface area (TPSA) is 95.2 Å². The Morgan fingerprint density at radius 2 is 2.15 bits per heavy atom. The van der Waals surface area contributed by atoms with Gasteiger partial charge in [-0.25, -0.2) is 0 Å². The van der Waals surface area contributed by atoms with Gasteiger partial charge < -0.3 is 5.32 Å². The van der Waals surface area contributed by atoms with Crippen molar-refractivity contribution in [1.82, 2.24) is 20.4 Å². The summed E-state index contributed by atoms with van der Waals surface area (Å²) in [4.78, 5) is 36.3. The number of likely N-dealkylation sites (tertiary alicyclic amines) is 1. The number of carbonyl (C=O) groups excluding carboxylic acids is 3. The molecule has 1 aromatic carbocycles. The Balaban J connectivity index is 1.84. The number of aromatic nitrogens is 2. The number of aromatic amines is 1. The fourth-order valence-corrected chi connectivity index (χ4v) is 2.23.